The smallest absolute Gasteiger partial charge is 0.237 e. The molecule has 0 radical (unpaired) electrons. The van der Waals surface area contributed by atoms with Crippen LogP contribution >= 0.6 is 23.2 Å². The Labute approximate surface area is 187 Å². The Morgan fingerprint density at radius 1 is 1.30 bits per heavy atom. The molecule has 1 aromatic heterocycles. The standard InChI is InChI=1S/C21H25Cl2N3O3S/c1-14(2)30(28,29)25-20(27)8-4-6-15-5-3-7-16-12-24-26(21(15)16)13-17-9-10-18(22)11-19(17)23/h6,9-12,14H,3-5,7-8,13H2,1-2H3,(H,25,27)/b15-6+. The van der Waals surface area contributed by atoms with E-state index in [0.717, 1.165) is 36.1 Å². The number of carbonyl (C=O) groups excluding carboxylic acids is 1. The Bertz CT molecular complexity index is 1080. The van der Waals surface area contributed by atoms with Gasteiger partial charge in [-0.05, 0) is 68.4 Å². The second-order valence-electron chi connectivity index (χ2n) is 7.65. The monoisotopic (exact) mass is 469 g/mol. The number of aromatic nitrogens is 2. The van der Waals surface area contributed by atoms with Gasteiger partial charge in [0.05, 0.1) is 23.7 Å². The number of amides is 1. The maximum atomic E-state index is 12.0. The van der Waals surface area contributed by atoms with Crippen LogP contribution in [0, 0.1) is 0 Å². The molecule has 1 aliphatic rings. The number of aryl methyl sites for hydroxylation is 1. The predicted molar refractivity (Wildman–Crippen MR) is 120 cm³/mol. The molecule has 0 atom stereocenters. The Hall–Kier alpha value is -1.83. The molecule has 1 aromatic carbocycles. The van der Waals surface area contributed by atoms with Crippen molar-refractivity contribution in [1.82, 2.24) is 14.5 Å². The fourth-order valence-electron chi connectivity index (χ4n) is 3.40. The topological polar surface area (TPSA) is 81.1 Å². The highest BCUT2D eigenvalue weighted by atomic mass is 35.5. The third-order valence-electron chi connectivity index (χ3n) is 5.09. The van der Waals surface area contributed by atoms with Crippen LogP contribution in [0.1, 0.15) is 56.4 Å². The normalized spacial score (nSPS) is 15.4. The van der Waals surface area contributed by atoms with Crippen LogP contribution in [-0.2, 0) is 27.8 Å². The maximum Gasteiger partial charge on any atom is 0.237 e. The summed E-state index contributed by atoms with van der Waals surface area (Å²) in [5.74, 6) is -0.488. The highest BCUT2D eigenvalue weighted by Crippen LogP contribution is 2.32. The molecule has 162 valence electrons. The first kappa shape index (κ1) is 22.8. The van der Waals surface area contributed by atoms with E-state index in [2.05, 4.69) is 9.82 Å². The highest BCUT2D eigenvalue weighted by molar-refractivity contribution is 7.90. The average Bonchev–Trinajstić information content (AvgIpc) is 3.07. The minimum atomic E-state index is -3.60. The van der Waals surface area contributed by atoms with Crippen LogP contribution in [0.3, 0.4) is 0 Å². The van der Waals surface area contributed by atoms with E-state index >= 15 is 0 Å². The molecule has 30 heavy (non-hydrogen) atoms. The zero-order chi connectivity index (χ0) is 21.9. The molecule has 0 aliphatic heterocycles. The number of rotatable bonds is 7. The van der Waals surface area contributed by atoms with Crippen LogP contribution in [0.15, 0.2) is 30.5 Å². The number of nitrogens with one attached hydrogen (secondary N) is 1. The molecular formula is C21H25Cl2N3O3S. The molecule has 0 fully saturated rings. The summed E-state index contributed by atoms with van der Waals surface area (Å²) in [7, 11) is -3.60. The zero-order valence-corrected chi connectivity index (χ0v) is 19.3. The van der Waals surface area contributed by atoms with E-state index in [9.17, 15) is 13.2 Å². The summed E-state index contributed by atoms with van der Waals surface area (Å²) in [6, 6.07) is 5.42. The lowest BCUT2D eigenvalue weighted by atomic mass is 9.92. The van der Waals surface area contributed by atoms with Crippen molar-refractivity contribution in [1.29, 1.82) is 0 Å². The van der Waals surface area contributed by atoms with Crippen molar-refractivity contribution < 1.29 is 13.2 Å². The molecule has 0 saturated heterocycles. The van der Waals surface area contributed by atoms with Crippen molar-refractivity contribution in [2.24, 2.45) is 0 Å². The zero-order valence-electron chi connectivity index (χ0n) is 17.0. The number of hydrogen-bond acceptors (Lipinski definition) is 4. The molecular weight excluding hydrogens is 445 g/mol. The van der Waals surface area contributed by atoms with E-state index in [-0.39, 0.29) is 6.42 Å². The fourth-order valence-corrected chi connectivity index (χ4v) is 4.52. The van der Waals surface area contributed by atoms with E-state index in [1.807, 2.05) is 23.0 Å². The number of allylic oxidation sites excluding steroid dienone is 2. The number of carbonyl (C=O) groups is 1. The minimum Gasteiger partial charge on any atom is -0.274 e. The van der Waals surface area contributed by atoms with Gasteiger partial charge in [-0.1, -0.05) is 35.3 Å². The summed E-state index contributed by atoms with van der Waals surface area (Å²) in [4.78, 5) is 12.0. The van der Waals surface area contributed by atoms with Gasteiger partial charge in [0.25, 0.3) is 0 Å². The van der Waals surface area contributed by atoms with Crippen molar-refractivity contribution in [3.8, 4) is 0 Å². The number of benzene rings is 1. The van der Waals surface area contributed by atoms with Crippen LogP contribution in [-0.4, -0.2) is 29.4 Å². The molecule has 0 bridgehead atoms. The largest absolute Gasteiger partial charge is 0.274 e. The van der Waals surface area contributed by atoms with Crippen LogP contribution in [0.2, 0.25) is 10.0 Å². The first-order valence-corrected chi connectivity index (χ1v) is 12.2. The van der Waals surface area contributed by atoms with Gasteiger partial charge in [0.15, 0.2) is 0 Å². The molecule has 1 heterocycles. The Balaban J connectivity index is 1.73. The Morgan fingerprint density at radius 2 is 2.07 bits per heavy atom. The molecule has 1 N–H and O–H groups in total. The Morgan fingerprint density at radius 3 is 2.77 bits per heavy atom. The average molecular weight is 470 g/mol. The van der Waals surface area contributed by atoms with Gasteiger partial charge in [0, 0.05) is 16.5 Å². The molecule has 2 aromatic rings. The van der Waals surface area contributed by atoms with Crippen LogP contribution in [0.4, 0.5) is 0 Å². The third-order valence-corrected chi connectivity index (χ3v) is 7.43. The van der Waals surface area contributed by atoms with E-state index in [1.54, 1.807) is 12.1 Å². The van der Waals surface area contributed by atoms with E-state index in [1.165, 1.54) is 19.4 Å². The van der Waals surface area contributed by atoms with Crippen LogP contribution < -0.4 is 4.72 Å². The van der Waals surface area contributed by atoms with Gasteiger partial charge in [0.2, 0.25) is 15.9 Å². The van der Waals surface area contributed by atoms with Gasteiger partial charge < -0.3 is 0 Å². The fraction of sp³-hybridized carbons (Fsp3) is 0.429. The maximum absolute atomic E-state index is 12.0. The highest BCUT2D eigenvalue weighted by Gasteiger charge is 2.21. The van der Waals surface area contributed by atoms with Crippen molar-refractivity contribution in [2.45, 2.75) is 57.7 Å². The summed E-state index contributed by atoms with van der Waals surface area (Å²) >= 11 is 12.3. The predicted octanol–water partition coefficient (Wildman–Crippen LogP) is 4.59. The number of sulfonamides is 1. The van der Waals surface area contributed by atoms with Crippen LogP contribution in [0.5, 0.6) is 0 Å². The van der Waals surface area contributed by atoms with Crippen molar-refractivity contribution in [2.75, 3.05) is 0 Å². The SMILES string of the molecule is CC(C)S(=O)(=O)NC(=O)CC/C=C1\CCCc2cnn(Cc3ccc(Cl)cc3Cl)c21. The molecule has 0 unspecified atom stereocenters. The third kappa shape index (κ3) is 5.45. The van der Waals surface area contributed by atoms with Gasteiger partial charge in [0.1, 0.15) is 0 Å². The first-order valence-electron chi connectivity index (χ1n) is 9.90. The van der Waals surface area contributed by atoms with Gasteiger partial charge in [-0.2, -0.15) is 5.10 Å². The molecule has 1 aliphatic carbocycles. The molecule has 3 rings (SSSR count). The molecule has 1 amide bonds. The lowest BCUT2D eigenvalue weighted by molar-refractivity contribution is -0.119. The van der Waals surface area contributed by atoms with Crippen molar-refractivity contribution >= 4 is 44.7 Å². The quantitative estimate of drug-likeness (QED) is 0.642. The van der Waals surface area contributed by atoms with E-state index in [4.69, 9.17) is 23.2 Å². The molecule has 6 nitrogen and oxygen atoms in total. The van der Waals surface area contributed by atoms with Gasteiger partial charge in [-0.15, -0.1) is 0 Å². The number of hydrogen-bond donors (Lipinski definition) is 1. The lowest BCUT2D eigenvalue weighted by Crippen LogP contribution is -2.35. The van der Waals surface area contributed by atoms with Crippen molar-refractivity contribution in [3.05, 3.63) is 57.3 Å². The number of fused-ring (bicyclic) bond motifs is 1. The summed E-state index contributed by atoms with van der Waals surface area (Å²) < 4.78 is 27.7. The van der Waals surface area contributed by atoms with Gasteiger partial charge in [-0.3, -0.25) is 14.2 Å². The summed E-state index contributed by atoms with van der Waals surface area (Å²) in [5.41, 5.74) is 4.28. The van der Waals surface area contributed by atoms with Crippen LogP contribution in [0.25, 0.3) is 5.57 Å². The van der Waals surface area contributed by atoms with E-state index < -0.39 is 21.2 Å². The minimum absolute atomic E-state index is 0.113. The summed E-state index contributed by atoms with van der Waals surface area (Å²) in [6.45, 7) is 3.60. The second-order valence-corrected chi connectivity index (χ2v) is 10.7. The second kappa shape index (κ2) is 9.54. The van der Waals surface area contributed by atoms with E-state index in [0.29, 0.717) is 23.0 Å². The molecule has 0 spiro atoms. The summed E-state index contributed by atoms with van der Waals surface area (Å²) in [6.07, 6.45) is 7.32. The molecule has 9 heteroatoms. The number of nitrogens with zero attached hydrogens (tertiary/aromatic N) is 2. The summed E-state index contributed by atoms with van der Waals surface area (Å²) in [5, 5.41) is 5.08. The molecule has 0 saturated carbocycles. The van der Waals surface area contributed by atoms with Gasteiger partial charge >= 0.3 is 0 Å². The first-order chi connectivity index (χ1) is 14.2. The van der Waals surface area contributed by atoms with Crippen molar-refractivity contribution in [3.63, 3.8) is 0 Å². The lowest BCUT2D eigenvalue weighted by Gasteiger charge is -2.18. The van der Waals surface area contributed by atoms with Gasteiger partial charge in [-0.25, -0.2) is 8.42 Å². The Kier molecular flexibility index (Phi) is 7.26. The number of halogens is 2.